The van der Waals surface area contributed by atoms with Crippen molar-refractivity contribution < 1.29 is 9.90 Å². The van der Waals surface area contributed by atoms with E-state index in [4.69, 9.17) is 0 Å². The molecular weight excluding hydrogens is 404 g/mol. The highest BCUT2D eigenvalue weighted by Gasteiger charge is 2.19. The van der Waals surface area contributed by atoms with Crippen molar-refractivity contribution in [3.05, 3.63) is 64.1 Å². The van der Waals surface area contributed by atoms with Gasteiger partial charge in [0.2, 0.25) is 5.91 Å². The van der Waals surface area contributed by atoms with Crippen LogP contribution in [0.5, 0.6) is 0 Å². The van der Waals surface area contributed by atoms with E-state index in [0.717, 1.165) is 36.5 Å². The largest absolute Gasteiger partial charge is 0.390 e. The second-order valence-corrected chi connectivity index (χ2v) is 8.38. The third-order valence-electron chi connectivity index (χ3n) is 6.14. The number of amides is 1. The van der Waals surface area contributed by atoms with E-state index in [-0.39, 0.29) is 12.5 Å². The van der Waals surface area contributed by atoms with Gasteiger partial charge >= 0.3 is 0 Å². The van der Waals surface area contributed by atoms with E-state index in [1.807, 2.05) is 19.9 Å². The third kappa shape index (κ3) is 4.64. The normalized spacial score (nSPS) is 14.7. The van der Waals surface area contributed by atoms with Crippen LogP contribution in [0.3, 0.4) is 0 Å². The van der Waals surface area contributed by atoms with E-state index < -0.39 is 6.10 Å². The zero-order valence-electron chi connectivity index (χ0n) is 18.5. The Morgan fingerprint density at radius 3 is 2.88 bits per heavy atom. The summed E-state index contributed by atoms with van der Waals surface area (Å²) in [6.07, 6.45) is 2.70. The van der Waals surface area contributed by atoms with E-state index in [1.54, 1.807) is 4.52 Å². The Hall–Kier alpha value is -3.28. The van der Waals surface area contributed by atoms with E-state index in [2.05, 4.69) is 44.6 Å². The van der Waals surface area contributed by atoms with Gasteiger partial charge in [-0.25, -0.2) is 9.50 Å². The van der Waals surface area contributed by atoms with E-state index in [0.29, 0.717) is 30.6 Å². The van der Waals surface area contributed by atoms with Crippen LogP contribution in [0, 0.1) is 25.2 Å². The molecule has 8 heteroatoms. The molecule has 32 heavy (non-hydrogen) atoms. The molecule has 4 rings (SSSR count). The Kier molecular flexibility index (Phi) is 6.49. The van der Waals surface area contributed by atoms with Crippen LogP contribution in [0.15, 0.2) is 30.5 Å². The number of benzene rings is 1. The first-order chi connectivity index (χ1) is 15.5. The molecule has 0 aliphatic carbocycles. The molecule has 1 aliphatic heterocycles. The summed E-state index contributed by atoms with van der Waals surface area (Å²) in [5, 5.41) is 26.7. The van der Waals surface area contributed by atoms with Crippen molar-refractivity contribution in [3.63, 3.8) is 0 Å². The summed E-state index contributed by atoms with van der Waals surface area (Å²) in [5.41, 5.74) is 6.30. The molecule has 2 aromatic heterocycles. The Balaban J connectivity index is 1.27. The Morgan fingerprint density at radius 2 is 2.09 bits per heavy atom. The smallest absolute Gasteiger partial charge is 0.220 e. The zero-order valence-corrected chi connectivity index (χ0v) is 18.5. The van der Waals surface area contributed by atoms with Crippen LogP contribution >= 0.6 is 0 Å². The van der Waals surface area contributed by atoms with Crippen molar-refractivity contribution in [1.82, 2.24) is 24.8 Å². The summed E-state index contributed by atoms with van der Waals surface area (Å²) in [4.78, 5) is 19.1. The van der Waals surface area contributed by atoms with Gasteiger partial charge in [0.15, 0.2) is 5.65 Å². The summed E-state index contributed by atoms with van der Waals surface area (Å²) in [6, 6.07) is 10.5. The van der Waals surface area contributed by atoms with Gasteiger partial charge in [0.1, 0.15) is 11.6 Å². The minimum Gasteiger partial charge on any atom is -0.390 e. The molecule has 0 saturated carbocycles. The number of aromatic nitrogens is 3. The van der Waals surface area contributed by atoms with Crippen LogP contribution in [0.1, 0.15) is 40.1 Å². The van der Waals surface area contributed by atoms with Crippen molar-refractivity contribution in [2.24, 2.45) is 0 Å². The molecule has 2 N–H and O–H groups in total. The lowest BCUT2D eigenvalue weighted by Gasteiger charge is -2.30. The van der Waals surface area contributed by atoms with Gasteiger partial charge in [-0.05, 0) is 43.4 Å². The number of aryl methyl sites for hydroxylation is 2. The highest BCUT2D eigenvalue weighted by atomic mass is 16.3. The molecule has 1 aromatic carbocycles. The summed E-state index contributed by atoms with van der Waals surface area (Å²) < 4.78 is 1.65. The average Bonchev–Trinajstić information content (AvgIpc) is 3.20. The predicted molar refractivity (Wildman–Crippen MR) is 120 cm³/mol. The van der Waals surface area contributed by atoms with Crippen LogP contribution in [0.4, 0.5) is 0 Å². The van der Waals surface area contributed by atoms with E-state index in [1.165, 1.54) is 17.3 Å². The number of carbonyl (C=O) groups is 1. The molecule has 1 aliphatic rings. The minimum absolute atomic E-state index is 0.106. The zero-order chi connectivity index (χ0) is 22.7. The molecule has 0 spiro atoms. The summed E-state index contributed by atoms with van der Waals surface area (Å²) in [7, 11) is 0. The third-order valence-corrected chi connectivity index (χ3v) is 6.14. The van der Waals surface area contributed by atoms with Crippen molar-refractivity contribution in [1.29, 1.82) is 5.26 Å². The van der Waals surface area contributed by atoms with Gasteiger partial charge in [-0.3, -0.25) is 9.69 Å². The summed E-state index contributed by atoms with van der Waals surface area (Å²) in [6.45, 7) is 6.32. The second kappa shape index (κ2) is 9.47. The topological polar surface area (TPSA) is 107 Å². The highest BCUT2D eigenvalue weighted by molar-refractivity contribution is 5.76. The molecule has 3 heterocycles. The summed E-state index contributed by atoms with van der Waals surface area (Å²) >= 11 is 0. The number of β-amino-alcohol motifs (C(OH)–C–C–N with tert-alkyl or cyclic N) is 1. The first-order valence-electron chi connectivity index (χ1n) is 10.9. The maximum absolute atomic E-state index is 12.4. The predicted octanol–water partition coefficient (Wildman–Crippen LogP) is 1.69. The molecule has 0 saturated heterocycles. The fraction of sp³-hybridized carbons (Fsp3) is 0.417. The van der Waals surface area contributed by atoms with E-state index >= 15 is 0 Å². The van der Waals surface area contributed by atoms with Crippen molar-refractivity contribution >= 4 is 11.6 Å². The quantitative estimate of drug-likeness (QED) is 0.588. The standard InChI is InChI=1S/C24H28N6O2/c1-16-22(17(2)30-24(28-16)20(11-25)12-27-30)7-8-23(32)26-13-21(31)15-29-10-9-18-5-3-4-6-19(18)14-29/h3-6,12,21,31H,7-10,13-15H2,1-2H3,(H,26,32)/t21-/m0/s1. The van der Waals surface area contributed by atoms with Crippen LogP contribution < -0.4 is 5.32 Å². The highest BCUT2D eigenvalue weighted by Crippen LogP contribution is 2.19. The minimum atomic E-state index is -0.612. The molecular formula is C24H28N6O2. The first kappa shape index (κ1) is 21.9. The average molecular weight is 433 g/mol. The van der Waals surface area contributed by atoms with Gasteiger partial charge in [0, 0.05) is 44.0 Å². The van der Waals surface area contributed by atoms with Gasteiger partial charge < -0.3 is 10.4 Å². The molecule has 0 radical (unpaired) electrons. The monoisotopic (exact) mass is 432 g/mol. The van der Waals surface area contributed by atoms with Crippen molar-refractivity contribution in [2.75, 3.05) is 19.6 Å². The van der Waals surface area contributed by atoms with Crippen LogP contribution in [-0.4, -0.2) is 56.2 Å². The van der Waals surface area contributed by atoms with Gasteiger partial charge in [-0.1, -0.05) is 24.3 Å². The molecule has 0 bridgehead atoms. The number of aliphatic hydroxyl groups excluding tert-OH is 1. The molecule has 1 amide bonds. The van der Waals surface area contributed by atoms with Crippen molar-refractivity contribution in [2.45, 2.75) is 45.8 Å². The van der Waals surface area contributed by atoms with Gasteiger partial charge in [0.05, 0.1) is 12.3 Å². The second-order valence-electron chi connectivity index (χ2n) is 8.38. The SMILES string of the molecule is Cc1nc2c(C#N)cnn2c(C)c1CCC(=O)NC[C@H](O)CN1CCc2ccccc2C1. The molecule has 0 fully saturated rings. The van der Waals surface area contributed by atoms with Gasteiger partial charge in [-0.2, -0.15) is 10.4 Å². The number of aliphatic hydroxyl groups is 1. The Labute approximate surface area is 187 Å². The van der Waals surface area contributed by atoms with Crippen LogP contribution in [-0.2, 0) is 24.2 Å². The van der Waals surface area contributed by atoms with Crippen LogP contribution in [0.25, 0.3) is 5.65 Å². The Morgan fingerprint density at radius 1 is 1.31 bits per heavy atom. The first-order valence-corrected chi connectivity index (χ1v) is 10.9. The number of nitrogens with zero attached hydrogens (tertiary/aromatic N) is 5. The lowest BCUT2D eigenvalue weighted by atomic mass is 10.00. The van der Waals surface area contributed by atoms with Gasteiger partial charge in [-0.15, -0.1) is 0 Å². The molecule has 166 valence electrons. The van der Waals surface area contributed by atoms with Crippen LogP contribution in [0.2, 0.25) is 0 Å². The molecule has 0 unspecified atom stereocenters. The number of rotatable bonds is 7. The number of nitriles is 1. The molecule has 3 aromatic rings. The number of hydrogen-bond donors (Lipinski definition) is 2. The molecule has 1 atom stereocenters. The van der Waals surface area contributed by atoms with Gasteiger partial charge in [0.25, 0.3) is 0 Å². The van der Waals surface area contributed by atoms with Crippen molar-refractivity contribution in [3.8, 4) is 6.07 Å². The lowest BCUT2D eigenvalue weighted by Crippen LogP contribution is -2.42. The molecule has 8 nitrogen and oxygen atoms in total. The fourth-order valence-corrected chi connectivity index (χ4v) is 4.38. The Bertz CT molecular complexity index is 1180. The number of nitrogens with one attached hydrogen (secondary N) is 1. The van der Waals surface area contributed by atoms with E-state index in [9.17, 15) is 15.2 Å². The maximum Gasteiger partial charge on any atom is 0.220 e. The number of fused-ring (bicyclic) bond motifs is 2. The fourth-order valence-electron chi connectivity index (χ4n) is 4.38. The summed E-state index contributed by atoms with van der Waals surface area (Å²) in [5.74, 6) is -0.106. The maximum atomic E-state index is 12.4. The number of hydrogen-bond acceptors (Lipinski definition) is 6. The number of carbonyl (C=O) groups excluding carboxylic acids is 1. The lowest BCUT2D eigenvalue weighted by molar-refractivity contribution is -0.121.